The van der Waals surface area contributed by atoms with Crippen molar-refractivity contribution < 1.29 is 18.0 Å². The molecule has 0 bridgehead atoms. The number of nitrogens with two attached hydrogens (primary N) is 1. The van der Waals surface area contributed by atoms with Crippen LogP contribution in [0.3, 0.4) is 0 Å². The second-order valence-corrected chi connectivity index (χ2v) is 8.45. The fraction of sp³-hybridized carbons (Fsp3) is 0.500. The molecule has 1 aliphatic heterocycles. The maximum Gasteiger partial charge on any atom is 0.254 e. The molecular weight excluding hydrogens is 330 g/mol. The number of carbonyl (C=O) groups is 2. The standard InChI is InChI=1S/C16H23N3O4S/c1-10(2)18-15(20)14-8-12(17)9-19(14)16(21)11-5-4-6-13(7-11)24(3,22)23/h4-7,10,12,14H,8-9,17H2,1-3H3,(H,18,20)/t12-,14-/m0/s1. The molecular formula is C16H23N3O4S. The molecule has 3 N–H and O–H groups in total. The van der Waals surface area contributed by atoms with Gasteiger partial charge in [-0.3, -0.25) is 9.59 Å². The molecule has 24 heavy (non-hydrogen) atoms. The highest BCUT2D eigenvalue weighted by Crippen LogP contribution is 2.21. The van der Waals surface area contributed by atoms with Crippen molar-refractivity contribution in [1.82, 2.24) is 10.2 Å². The molecule has 1 aliphatic rings. The minimum atomic E-state index is -3.41. The molecule has 1 saturated heterocycles. The highest BCUT2D eigenvalue weighted by Gasteiger charge is 2.38. The molecule has 2 rings (SSSR count). The molecule has 0 spiro atoms. The van der Waals surface area contributed by atoms with Gasteiger partial charge in [0.05, 0.1) is 4.90 Å². The monoisotopic (exact) mass is 353 g/mol. The highest BCUT2D eigenvalue weighted by atomic mass is 32.2. The summed E-state index contributed by atoms with van der Waals surface area (Å²) in [7, 11) is -3.41. The third-order valence-corrected chi connectivity index (χ3v) is 4.95. The Bertz CT molecular complexity index is 745. The molecule has 7 nitrogen and oxygen atoms in total. The molecule has 1 aromatic rings. The fourth-order valence-electron chi connectivity index (χ4n) is 2.75. The van der Waals surface area contributed by atoms with E-state index < -0.39 is 21.8 Å². The van der Waals surface area contributed by atoms with E-state index in [1.165, 1.54) is 29.2 Å². The lowest BCUT2D eigenvalue weighted by Crippen LogP contribution is -2.47. The van der Waals surface area contributed by atoms with Gasteiger partial charge in [-0.1, -0.05) is 6.07 Å². The number of sulfone groups is 1. The van der Waals surface area contributed by atoms with Gasteiger partial charge in [0, 0.05) is 30.4 Å². The number of nitrogens with zero attached hydrogens (tertiary/aromatic N) is 1. The van der Waals surface area contributed by atoms with Crippen LogP contribution in [0.5, 0.6) is 0 Å². The summed E-state index contributed by atoms with van der Waals surface area (Å²) in [5.41, 5.74) is 6.16. The molecule has 0 aromatic heterocycles. The van der Waals surface area contributed by atoms with Gasteiger partial charge in [0.1, 0.15) is 6.04 Å². The Hall–Kier alpha value is -1.93. The normalized spacial score (nSPS) is 21.1. The van der Waals surface area contributed by atoms with Crippen molar-refractivity contribution in [3.63, 3.8) is 0 Å². The van der Waals surface area contributed by atoms with Crippen LogP contribution in [0.1, 0.15) is 30.6 Å². The quantitative estimate of drug-likeness (QED) is 0.801. The Balaban J connectivity index is 2.28. The van der Waals surface area contributed by atoms with Gasteiger partial charge < -0.3 is 16.0 Å². The van der Waals surface area contributed by atoms with Crippen LogP contribution in [0, 0.1) is 0 Å². The van der Waals surface area contributed by atoms with Crippen molar-refractivity contribution in [3.05, 3.63) is 29.8 Å². The zero-order chi connectivity index (χ0) is 18.1. The van der Waals surface area contributed by atoms with Crippen molar-refractivity contribution >= 4 is 21.7 Å². The van der Waals surface area contributed by atoms with E-state index in [0.717, 1.165) is 6.26 Å². The highest BCUT2D eigenvalue weighted by molar-refractivity contribution is 7.90. The van der Waals surface area contributed by atoms with Gasteiger partial charge in [-0.2, -0.15) is 0 Å². The first-order valence-electron chi connectivity index (χ1n) is 7.76. The van der Waals surface area contributed by atoms with Crippen LogP contribution in [-0.2, 0) is 14.6 Å². The summed E-state index contributed by atoms with van der Waals surface area (Å²) in [6.07, 6.45) is 1.47. The number of carbonyl (C=O) groups excluding carboxylic acids is 2. The molecule has 0 unspecified atom stereocenters. The van der Waals surface area contributed by atoms with E-state index in [1.54, 1.807) is 0 Å². The van der Waals surface area contributed by atoms with Crippen LogP contribution < -0.4 is 11.1 Å². The van der Waals surface area contributed by atoms with Gasteiger partial charge in [0.25, 0.3) is 5.91 Å². The van der Waals surface area contributed by atoms with Crippen molar-refractivity contribution in [2.24, 2.45) is 5.73 Å². The average molecular weight is 353 g/mol. The molecule has 0 saturated carbocycles. The van der Waals surface area contributed by atoms with Crippen LogP contribution >= 0.6 is 0 Å². The van der Waals surface area contributed by atoms with E-state index in [2.05, 4.69) is 5.32 Å². The van der Waals surface area contributed by atoms with Crippen LogP contribution in [0.4, 0.5) is 0 Å². The minimum absolute atomic E-state index is 0.0418. The third-order valence-electron chi connectivity index (χ3n) is 3.84. The summed E-state index contributed by atoms with van der Waals surface area (Å²) in [5.74, 6) is -0.636. The number of nitrogens with one attached hydrogen (secondary N) is 1. The maximum absolute atomic E-state index is 12.8. The largest absolute Gasteiger partial charge is 0.352 e. The summed E-state index contributed by atoms with van der Waals surface area (Å²) < 4.78 is 23.3. The fourth-order valence-corrected chi connectivity index (χ4v) is 3.41. The van der Waals surface area contributed by atoms with Crippen LogP contribution in [0.2, 0.25) is 0 Å². The molecule has 0 aliphatic carbocycles. The lowest BCUT2D eigenvalue weighted by molar-refractivity contribution is -0.125. The van der Waals surface area contributed by atoms with E-state index in [1.807, 2.05) is 13.8 Å². The Kier molecular flexibility index (Phi) is 5.29. The second-order valence-electron chi connectivity index (χ2n) is 6.43. The second kappa shape index (κ2) is 6.90. The van der Waals surface area contributed by atoms with Gasteiger partial charge >= 0.3 is 0 Å². The van der Waals surface area contributed by atoms with E-state index in [0.29, 0.717) is 6.42 Å². The lowest BCUT2D eigenvalue weighted by Gasteiger charge is -2.25. The summed E-state index contributed by atoms with van der Waals surface area (Å²) in [6.45, 7) is 3.95. The first-order chi connectivity index (χ1) is 11.1. The number of rotatable bonds is 4. The zero-order valence-corrected chi connectivity index (χ0v) is 14.8. The number of likely N-dealkylation sites (tertiary alicyclic amines) is 1. The van der Waals surface area contributed by atoms with E-state index in [-0.39, 0.29) is 35.0 Å². The SMILES string of the molecule is CC(C)NC(=O)[C@@H]1C[C@H](N)CN1C(=O)c1cccc(S(C)(=O)=O)c1. The van der Waals surface area contributed by atoms with E-state index >= 15 is 0 Å². The van der Waals surface area contributed by atoms with Gasteiger partial charge in [0.15, 0.2) is 9.84 Å². The lowest BCUT2D eigenvalue weighted by atomic mass is 10.1. The molecule has 8 heteroatoms. The van der Waals surface area contributed by atoms with Gasteiger partial charge in [-0.05, 0) is 38.5 Å². The van der Waals surface area contributed by atoms with Crippen molar-refractivity contribution in [3.8, 4) is 0 Å². The number of amides is 2. The van der Waals surface area contributed by atoms with Gasteiger partial charge in [-0.25, -0.2) is 8.42 Å². The molecule has 0 radical (unpaired) electrons. The Labute approximate surface area is 142 Å². The molecule has 1 fully saturated rings. The van der Waals surface area contributed by atoms with Gasteiger partial charge in [-0.15, -0.1) is 0 Å². The van der Waals surface area contributed by atoms with Crippen molar-refractivity contribution in [2.75, 3.05) is 12.8 Å². The third kappa shape index (κ3) is 4.12. The van der Waals surface area contributed by atoms with E-state index in [9.17, 15) is 18.0 Å². The first kappa shape index (κ1) is 18.4. The zero-order valence-electron chi connectivity index (χ0n) is 14.0. The van der Waals surface area contributed by atoms with Crippen molar-refractivity contribution in [1.29, 1.82) is 0 Å². The van der Waals surface area contributed by atoms with E-state index in [4.69, 9.17) is 5.73 Å². The smallest absolute Gasteiger partial charge is 0.254 e. The first-order valence-corrected chi connectivity index (χ1v) is 9.65. The molecule has 2 atom stereocenters. The summed E-state index contributed by atoms with van der Waals surface area (Å²) >= 11 is 0. The van der Waals surface area contributed by atoms with Crippen LogP contribution in [0.25, 0.3) is 0 Å². The predicted molar refractivity (Wildman–Crippen MR) is 90.2 cm³/mol. The molecule has 1 aromatic carbocycles. The Morgan fingerprint density at radius 2 is 2.00 bits per heavy atom. The summed E-state index contributed by atoms with van der Waals surface area (Å²) in [6, 6.07) is 4.86. The Morgan fingerprint density at radius 3 is 2.58 bits per heavy atom. The number of hydrogen-bond donors (Lipinski definition) is 2. The van der Waals surface area contributed by atoms with Gasteiger partial charge in [0.2, 0.25) is 5.91 Å². The van der Waals surface area contributed by atoms with Crippen LogP contribution in [-0.4, -0.2) is 56.1 Å². The Morgan fingerprint density at radius 1 is 1.33 bits per heavy atom. The molecule has 132 valence electrons. The summed E-state index contributed by atoms with van der Waals surface area (Å²) in [5, 5.41) is 2.79. The van der Waals surface area contributed by atoms with Crippen LogP contribution in [0.15, 0.2) is 29.2 Å². The predicted octanol–water partition coefficient (Wildman–Crippen LogP) is 0.157. The minimum Gasteiger partial charge on any atom is -0.352 e. The van der Waals surface area contributed by atoms with Crippen molar-refractivity contribution in [2.45, 2.75) is 43.3 Å². The average Bonchev–Trinajstić information content (AvgIpc) is 2.87. The topological polar surface area (TPSA) is 110 Å². The molecule has 2 amide bonds. The number of benzene rings is 1. The molecule has 1 heterocycles. The maximum atomic E-state index is 12.8. The summed E-state index contributed by atoms with van der Waals surface area (Å²) in [4.78, 5) is 26.6. The number of hydrogen-bond acceptors (Lipinski definition) is 5.